The standard InChI is InChI=1S/C4H6O6.2C4H8O/c5-1(3(7)8)2(6)4(9)10;2*1-2-4-5-3-1/h1-2,5-6H,(H,7,8)(H,9,10);2*1-4H2. The lowest BCUT2D eigenvalue weighted by Gasteiger charge is -2.07. The lowest BCUT2D eigenvalue weighted by Crippen LogP contribution is -2.39. The first kappa shape index (κ1) is 18.8. The summed E-state index contributed by atoms with van der Waals surface area (Å²) in [6.07, 6.45) is 0.579. The Morgan fingerprint density at radius 2 is 0.950 bits per heavy atom. The third kappa shape index (κ3) is 9.68. The first-order valence-corrected chi connectivity index (χ1v) is 6.44. The van der Waals surface area contributed by atoms with E-state index in [1.807, 2.05) is 0 Å². The molecule has 0 saturated carbocycles. The monoisotopic (exact) mass is 294 g/mol. The Morgan fingerprint density at radius 1 is 0.700 bits per heavy atom. The van der Waals surface area contributed by atoms with Gasteiger partial charge in [0, 0.05) is 26.4 Å². The topological polar surface area (TPSA) is 134 Å². The lowest BCUT2D eigenvalue weighted by molar-refractivity contribution is -0.165. The molecule has 2 atom stereocenters. The van der Waals surface area contributed by atoms with Gasteiger partial charge in [-0.05, 0) is 25.7 Å². The van der Waals surface area contributed by atoms with Crippen molar-refractivity contribution in [1.82, 2.24) is 0 Å². The summed E-state index contributed by atoms with van der Waals surface area (Å²) in [7, 11) is 0. The van der Waals surface area contributed by atoms with Crippen molar-refractivity contribution in [3.63, 3.8) is 0 Å². The van der Waals surface area contributed by atoms with Crippen LogP contribution in [0.15, 0.2) is 0 Å². The summed E-state index contributed by atoms with van der Waals surface area (Å²) in [6, 6.07) is 0. The van der Waals surface area contributed by atoms with Gasteiger partial charge in [-0.1, -0.05) is 0 Å². The van der Waals surface area contributed by atoms with Crippen LogP contribution < -0.4 is 0 Å². The minimum Gasteiger partial charge on any atom is -0.479 e. The molecule has 118 valence electrons. The van der Waals surface area contributed by atoms with Gasteiger partial charge in [-0.25, -0.2) is 9.59 Å². The van der Waals surface area contributed by atoms with Crippen LogP contribution in [0.3, 0.4) is 0 Å². The Labute approximate surface area is 116 Å². The summed E-state index contributed by atoms with van der Waals surface area (Å²) in [5.74, 6) is -3.54. The molecule has 4 N–H and O–H groups in total. The van der Waals surface area contributed by atoms with Gasteiger partial charge in [-0.15, -0.1) is 0 Å². The summed E-state index contributed by atoms with van der Waals surface area (Å²) in [6.45, 7) is 4.00. The number of carboxylic acid groups (broad SMARTS) is 2. The third-order valence-electron chi connectivity index (χ3n) is 2.46. The number of carbonyl (C=O) groups is 2. The van der Waals surface area contributed by atoms with E-state index in [9.17, 15) is 9.59 Å². The molecule has 0 aromatic heterocycles. The Hall–Kier alpha value is -1.22. The lowest BCUT2D eigenvalue weighted by atomic mass is 10.2. The predicted octanol–water partition coefficient (Wildman–Crippen LogP) is -0.529. The van der Waals surface area contributed by atoms with Crippen molar-refractivity contribution < 1.29 is 39.5 Å². The molecule has 2 aliphatic rings. The second-order valence-corrected chi connectivity index (χ2v) is 4.21. The summed E-state index contributed by atoms with van der Waals surface area (Å²) < 4.78 is 9.89. The molecule has 0 radical (unpaired) electrons. The number of carboxylic acids is 2. The van der Waals surface area contributed by atoms with E-state index in [1.165, 1.54) is 25.7 Å². The van der Waals surface area contributed by atoms with Gasteiger partial charge in [0.25, 0.3) is 0 Å². The Kier molecular flexibility index (Phi) is 10.9. The van der Waals surface area contributed by atoms with Crippen molar-refractivity contribution in [2.45, 2.75) is 37.9 Å². The molecular weight excluding hydrogens is 272 g/mol. The molecule has 0 bridgehead atoms. The molecule has 8 nitrogen and oxygen atoms in total. The normalized spacial score (nSPS) is 19.9. The number of aliphatic hydroxyl groups excluding tert-OH is 2. The molecule has 0 aromatic carbocycles. The average Bonchev–Trinajstić information content (AvgIpc) is 3.12. The molecule has 0 aromatic rings. The van der Waals surface area contributed by atoms with Crippen molar-refractivity contribution in [3.8, 4) is 0 Å². The fourth-order valence-corrected chi connectivity index (χ4v) is 1.29. The van der Waals surface area contributed by atoms with Gasteiger partial charge in [0.05, 0.1) is 0 Å². The molecule has 20 heavy (non-hydrogen) atoms. The first-order chi connectivity index (χ1) is 9.46. The molecule has 0 amide bonds. The summed E-state index contributed by atoms with van der Waals surface area (Å²) in [5, 5.41) is 32.5. The van der Waals surface area contributed by atoms with Gasteiger partial charge in [-0.3, -0.25) is 0 Å². The van der Waals surface area contributed by atoms with E-state index in [0.29, 0.717) is 0 Å². The van der Waals surface area contributed by atoms with Crippen LogP contribution in [0.5, 0.6) is 0 Å². The zero-order valence-corrected chi connectivity index (χ0v) is 11.2. The molecule has 2 heterocycles. The van der Waals surface area contributed by atoms with Crippen LogP contribution in [0.2, 0.25) is 0 Å². The van der Waals surface area contributed by atoms with E-state index in [1.54, 1.807) is 0 Å². The van der Waals surface area contributed by atoms with Crippen molar-refractivity contribution >= 4 is 11.9 Å². The molecule has 0 aliphatic carbocycles. The maximum absolute atomic E-state index is 9.77. The van der Waals surface area contributed by atoms with E-state index in [-0.39, 0.29) is 0 Å². The van der Waals surface area contributed by atoms with Gasteiger partial charge >= 0.3 is 11.9 Å². The zero-order chi connectivity index (χ0) is 15.4. The van der Waals surface area contributed by atoms with E-state index < -0.39 is 24.1 Å². The van der Waals surface area contributed by atoms with Crippen LogP contribution >= 0.6 is 0 Å². The van der Waals surface area contributed by atoms with Crippen molar-refractivity contribution in [2.24, 2.45) is 0 Å². The van der Waals surface area contributed by atoms with Crippen LogP contribution in [0.25, 0.3) is 0 Å². The SMILES string of the molecule is C1CCOC1.C1CCOC1.O=C(O)C(O)C(O)C(=O)O. The summed E-state index contributed by atoms with van der Waals surface area (Å²) in [5.41, 5.74) is 0. The van der Waals surface area contributed by atoms with Crippen LogP contribution in [0.4, 0.5) is 0 Å². The fraction of sp³-hybridized carbons (Fsp3) is 0.833. The minimum absolute atomic E-state index is 1.00. The van der Waals surface area contributed by atoms with E-state index >= 15 is 0 Å². The van der Waals surface area contributed by atoms with Crippen molar-refractivity contribution in [1.29, 1.82) is 0 Å². The Morgan fingerprint density at radius 3 is 1.05 bits per heavy atom. The van der Waals surface area contributed by atoms with E-state index in [0.717, 1.165) is 26.4 Å². The number of rotatable bonds is 3. The van der Waals surface area contributed by atoms with Crippen LogP contribution in [0.1, 0.15) is 25.7 Å². The smallest absolute Gasteiger partial charge is 0.335 e. The van der Waals surface area contributed by atoms with Gasteiger partial charge in [-0.2, -0.15) is 0 Å². The zero-order valence-electron chi connectivity index (χ0n) is 11.2. The van der Waals surface area contributed by atoms with Gasteiger partial charge in [0.1, 0.15) is 0 Å². The molecule has 2 fully saturated rings. The van der Waals surface area contributed by atoms with E-state index in [4.69, 9.17) is 29.9 Å². The number of aliphatic hydroxyl groups is 2. The third-order valence-corrected chi connectivity index (χ3v) is 2.46. The quantitative estimate of drug-likeness (QED) is 0.546. The highest BCUT2D eigenvalue weighted by Gasteiger charge is 2.29. The molecule has 2 saturated heterocycles. The highest BCUT2D eigenvalue weighted by atomic mass is 16.5. The largest absolute Gasteiger partial charge is 0.479 e. The number of hydrogen-bond donors (Lipinski definition) is 4. The highest BCUT2D eigenvalue weighted by Crippen LogP contribution is 1.98. The van der Waals surface area contributed by atoms with Gasteiger partial charge in [0.2, 0.25) is 0 Å². The predicted molar refractivity (Wildman–Crippen MR) is 67.4 cm³/mol. The van der Waals surface area contributed by atoms with Crippen molar-refractivity contribution in [2.75, 3.05) is 26.4 Å². The summed E-state index contributed by atoms with van der Waals surface area (Å²) >= 11 is 0. The molecular formula is C12H22O8. The number of hydrogen-bond acceptors (Lipinski definition) is 6. The maximum Gasteiger partial charge on any atom is 0.335 e. The Balaban J connectivity index is 0.000000298. The van der Waals surface area contributed by atoms with Crippen molar-refractivity contribution in [3.05, 3.63) is 0 Å². The fourth-order valence-electron chi connectivity index (χ4n) is 1.29. The number of aliphatic carboxylic acids is 2. The number of ether oxygens (including phenoxy) is 2. The second kappa shape index (κ2) is 11.6. The summed E-state index contributed by atoms with van der Waals surface area (Å²) in [4.78, 5) is 19.5. The molecule has 8 heteroatoms. The Bertz CT molecular complexity index is 229. The second-order valence-electron chi connectivity index (χ2n) is 4.21. The average molecular weight is 294 g/mol. The first-order valence-electron chi connectivity index (χ1n) is 6.44. The maximum atomic E-state index is 9.77. The molecule has 2 unspecified atom stereocenters. The van der Waals surface area contributed by atoms with Crippen LogP contribution in [-0.4, -0.2) is 71.0 Å². The molecule has 2 rings (SSSR count). The van der Waals surface area contributed by atoms with Gasteiger partial charge < -0.3 is 29.9 Å². The van der Waals surface area contributed by atoms with Crippen LogP contribution in [-0.2, 0) is 19.1 Å². The highest BCUT2D eigenvalue weighted by molar-refractivity contribution is 5.83. The van der Waals surface area contributed by atoms with Gasteiger partial charge in [0.15, 0.2) is 12.2 Å². The van der Waals surface area contributed by atoms with E-state index in [2.05, 4.69) is 0 Å². The molecule has 0 spiro atoms. The van der Waals surface area contributed by atoms with Crippen LogP contribution in [0, 0.1) is 0 Å². The minimum atomic E-state index is -2.27. The molecule has 2 aliphatic heterocycles.